The molecule has 2 nitrogen and oxygen atoms in total. The lowest BCUT2D eigenvalue weighted by Gasteiger charge is -2.24. The summed E-state index contributed by atoms with van der Waals surface area (Å²) in [4.78, 5) is 2.49. The quantitative estimate of drug-likeness (QED) is 0.872. The van der Waals surface area contributed by atoms with Crippen molar-refractivity contribution in [2.45, 2.75) is 38.6 Å². The molecular formula is C21H28N2. The lowest BCUT2D eigenvalue weighted by molar-refractivity contribution is 0.333. The van der Waals surface area contributed by atoms with Gasteiger partial charge in [-0.05, 0) is 56.5 Å². The van der Waals surface area contributed by atoms with Crippen LogP contribution in [0.15, 0.2) is 48.5 Å². The minimum Gasteiger partial charge on any atom is -0.381 e. The van der Waals surface area contributed by atoms with Gasteiger partial charge in [-0.3, -0.25) is 0 Å². The second-order valence-electron chi connectivity index (χ2n) is 6.88. The lowest BCUT2D eigenvalue weighted by Crippen LogP contribution is -2.23. The number of hydrogen-bond donors (Lipinski definition) is 1. The molecule has 0 spiro atoms. The molecule has 0 amide bonds. The zero-order chi connectivity index (χ0) is 16.1. The van der Waals surface area contributed by atoms with E-state index in [1.54, 1.807) is 0 Å². The molecule has 0 radical (unpaired) electrons. The molecule has 1 fully saturated rings. The predicted octanol–water partition coefficient (Wildman–Crippen LogP) is 4.81. The fourth-order valence-electron chi connectivity index (χ4n) is 3.56. The van der Waals surface area contributed by atoms with Crippen molar-refractivity contribution >= 4 is 5.69 Å². The summed E-state index contributed by atoms with van der Waals surface area (Å²) >= 11 is 0. The molecule has 1 N–H and O–H groups in total. The SMILES string of the molecule is Cc1ccc(NCc2ccccc2)c(C2CCCCN(C)C2)c1. The summed E-state index contributed by atoms with van der Waals surface area (Å²) in [5.74, 6) is 0.640. The number of hydrogen-bond acceptors (Lipinski definition) is 2. The predicted molar refractivity (Wildman–Crippen MR) is 99.0 cm³/mol. The average Bonchev–Trinajstić information content (AvgIpc) is 2.79. The van der Waals surface area contributed by atoms with Crippen LogP contribution in [-0.2, 0) is 6.54 Å². The van der Waals surface area contributed by atoms with Crippen LogP contribution in [0.3, 0.4) is 0 Å². The molecule has 1 aliphatic heterocycles. The minimum absolute atomic E-state index is 0.640. The molecule has 0 aliphatic carbocycles. The van der Waals surface area contributed by atoms with Gasteiger partial charge in [-0.25, -0.2) is 0 Å². The number of anilines is 1. The summed E-state index contributed by atoms with van der Waals surface area (Å²) in [5, 5.41) is 3.67. The van der Waals surface area contributed by atoms with Gasteiger partial charge in [0.25, 0.3) is 0 Å². The van der Waals surface area contributed by atoms with Gasteiger partial charge in [0.05, 0.1) is 0 Å². The molecule has 0 saturated carbocycles. The fraction of sp³-hybridized carbons (Fsp3) is 0.429. The van der Waals surface area contributed by atoms with Crippen LogP contribution in [-0.4, -0.2) is 25.0 Å². The van der Waals surface area contributed by atoms with Gasteiger partial charge >= 0.3 is 0 Å². The average molecular weight is 308 g/mol. The highest BCUT2D eigenvalue weighted by molar-refractivity contribution is 5.55. The summed E-state index contributed by atoms with van der Waals surface area (Å²) in [6.07, 6.45) is 3.96. The molecule has 0 aromatic heterocycles. The first-order valence-corrected chi connectivity index (χ1v) is 8.79. The highest BCUT2D eigenvalue weighted by Gasteiger charge is 2.20. The Labute approximate surface area is 140 Å². The van der Waals surface area contributed by atoms with Crippen LogP contribution in [0.2, 0.25) is 0 Å². The van der Waals surface area contributed by atoms with E-state index in [0.29, 0.717) is 5.92 Å². The Hall–Kier alpha value is -1.80. The third-order valence-corrected chi connectivity index (χ3v) is 4.85. The molecule has 2 heteroatoms. The van der Waals surface area contributed by atoms with Gasteiger partial charge in [0.2, 0.25) is 0 Å². The van der Waals surface area contributed by atoms with Crippen LogP contribution >= 0.6 is 0 Å². The van der Waals surface area contributed by atoms with Crippen molar-refractivity contribution < 1.29 is 0 Å². The summed E-state index contributed by atoms with van der Waals surface area (Å²) in [6.45, 7) is 5.49. The van der Waals surface area contributed by atoms with Gasteiger partial charge in [-0.15, -0.1) is 0 Å². The van der Waals surface area contributed by atoms with Gasteiger partial charge < -0.3 is 10.2 Å². The van der Waals surface area contributed by atoms with E-state index >= 15 is 0 Å². The molecule has 2 aromatic carbocycles. The van der Waals surface area contributed by atoms with Crippen molar-refractivity contribution in [3.63, 3.8) is 0 Å². The van der Waals surface area contributed by atoms with E-state index in [1.165, 1.54) is 54.7 Å². The molecule has 1 saturated heterocycles. The van der Waals surface area contributed by atoms with Crippen molar-refractivity contribution in [3.05, 3.63) is 65.2 Å². The Balaban J connectivity index is 1.79. The van der Waals surface area contributed by atoms with E-state index in [0.717, 1.165) is 6.54 Å². The van der Waals surface area contributed by atoms with E-state index < -0.39 is 0 Å². The van der Waals surface area contributed by atoms with Crippen LogP contribution in [0, 0.1) is 6.92 Å². The second-order valence-corrected chi connectivity index (χ2v) is 6.88. The third kappa shape index (κ3) is 4.35. The second kappa shape index (κ2) is 7.65. The topological polar surface area (TPSA) is 15.3 Å². The van der Waals surface area contributed by atoms with Crippen molar-refractivity contribution in [1.29, 1.82) is 0 Å². The molecule has 3 rings (SSSR count). The molecule has 1 aliphatic rings. The summed E-state index contributed by atoms with van der Waals surface area (Å²) in [5.41, 5.74) is 5.49. The zero-order valence-electron chi connectivity index (χ0n) is 14.4. The normalized spacial score (nSPS) is 19.3. The van der Waals surface area contributed by atoms with Gasteiger partial charge in [-0.1, -0.05) is 54.4 Å². The number of nitrogens with one attached hydrogen (secondary N) is 1. The van der Waals surface area contributed by atoms with E-state index in [2.05, 4.69) is 72.7 Å². The number of benzene rings is 2. The highest BCUT2D eigenvalue weighted by Crippen LogP contribution is 2.32. The Bertz CT molecular complexity index is 621. The summed E-state index contributed by atoms with van der Waals surface area (Å²) in [6, 6.07) is 17.5. The lowest BCUT2D eigenvalue weighted by atomic mass is 9.91. The maximum Gasteiger partial charge on any atom is 0.0400 e. The molecule has 0 bridgehead atoms. The Morgan fingerprint density at radius 1 is 1.09 bits per heavy atom. The first kappa shape index (κ1) is 16.1. The van der Waals surface area contributed by atoms with Crippen molar-refractivity contribution in [1.82, 2.24) is 4.90 Å². The van der Waals surface area contributed by atoms with Crippen LogP contribution in [0.4, 0.5) is 5.69 Å². The standard InChI is InChI=1S/C21H28N2/c1-17-11-12-21(22-15-18-8-4-3-5-9-18)20(14-17)19-10-6-7-13-23(2)16-19/h3-5,8-9,11-12,14,19,22H,6-7,10,13,15-16H2,1-2H3. The summed E-state index contributed by atoms with van der Waals surface area (Å²) in [7, 11) is 2.26. The number of nitrogens with zero attached hydrogens (tertiary/aromatic N) is 1. The van der Waals surface area contributed by atoms with E-state index in [4.69, 9.17) is 0 Å². The molecule has 122 valence electrons. The maximum atomic E-state index is 3.67. The molecule has 2 aromatic rings. The van der Waals surface area contributed by atoms with Crippen LogP contribution in [0.25, 0.3) is 0 Å². The van der Waals surface area contributed by atoms with Crippen LogP contribution < -0.4 is 5.32 Å². The molecule has 1 heterocycles. The van der Waals surface area contributed by atoms with Crippen LogP contribution in [0.1, 0.15) is 41.9 Å². The van der Waals surface area contributed by atoms with Gasteiger partial charge in [0.1, 0.15) is 0 Å². The largest absolute Gasteiger partial charge is 0.381 e. The Morgan fingerprint density at radius 3 is 2.74 bits per heavy atom. The van der Waals surface area contributed by atoms with Gasteiger partial charge in [0.15, 0.2) is 0 Å². The number of aryl methyl sites for hydroxylation is 1. The van der Waals surface area contributed by atoms with Crippen molar-refractivity contribution in [2.24, 2.45) is 0 Å². The molecular weight excluding hydrogens is 280 g/mol. The van der Waals surface area contributed by atoms with Crippen molar-refractivity contribution in [3.8, 4) is 0 Å². The van der Waals surface area contributed by atoms with E-state index in [9.17, 15) is 0 Å². The fourth-order valence-corrected chi connectivity index (χ4v) is 3.56. The number of likely N-dealkylation sites (tertiary alicyclic amines) is 1. The summed E-state index contributed by atoms with van der Waals surface area (Å²) < 4.78 is 0. The monoisotopic (exact) mass is 308 g/mol. The Kier molecular flexibility index (Phi) is 5.35. The number of rotatable bonds is 4. The van der Waals surface area contributed by atoms with E-state index in [-0.39, 0.29) is 0 Å². The maximum absolute atomic E-state index is 3.67. The minimum atomic E-state index is 0.640. The smallest absolute Gasteiger partial charge is 0.0400 e. The Morgan fingerprint density at radius 2 is 1.91 bits per heavy atom. The number of likely N-dealkylation sites (N-methyl/N-ethyl adjacent to an activating group) is 1. The van der Waals surface area contributed by atoms with Crippen LogP contribution in [0.5, 0.6) is 0 Å². The molecule has 1 atom stereocenters. The van der Waals surface area contributed by atoms with Gasteiger partial charge in [-0.2, -0.15) is 0 Å². The molecule has 1 unspecified atom stereocenters. The first-order chi connectivity index (χ1) is 11.2. The zero-order valence-corrected chi connectivity index (χ0v) is 14.4. The first-order valence-electron chi connectivity index (χ1n) is 8.79. The third-order valence-electron chi connectivity index (χ3n) is 4.85. The van der Waals surface area contributed by atoms with E-state index in [1.807, 2.05) is 0 Å². The van der Waals surface area contributed by atoms with Crippen molar-refractivity contribution in [2.75, 3.05) is 25.5 Å². The van der Waals surface area contributed by atoms with Gasteiger partial charge in [0, 0.05) is 18.8 Å². The molecule has 23 heavy (non-hydrogen) atoms. The highest BCUT2D eigenvalue weighted by atomic mass is 15.1.